The standard InChI is InChI=1S/C18H17N3O5S/c22-18(20-14-5-1-3-13-4-2-8-19-17(13)14)15-6-7-16(26-15)27(23,24)21-9-11-25-12-10-21/h1-8H,9-12H2,(H,20,22). The predicted molar refractivity (Wildman–Crippen MR) is 98.0 cm³/mol. The number of ether oxygens (including phenoxy) is 1. The number of anilines is 1. The molecule has 1 N–H and O–H groups in total. The van der Waals surface area contributed by atoms with E-state index in [1.165, 1.54) is 16.4 Å². The van der Waals surface area contributed by atoms with E-state index in [0.717, 1.165) is 5.39 Å². The fourth-order valence-electron chi connectivity index (χ4n) is 2.88. The van der Waals surface area contributed by atoms with Crippen molar-refractivity contribution < 1.29 is 22.4 Å². The van der Waals surface area contributed by atoms with Gasteiger partial charge in [-0.25, -0.2) is 8.42 Å². The Morgan fingerprint density at radius 2 is 1.85 bits per heavy atom. The first-order chi connectivity index (χ1) is 13.1. The van der Waals surface area contributed by atoms with Crippen LogP contribution in [0.3, 0.4) is 0 Å². The number of hydrogen-bond donors (Lipinski definition) is 1. The van der Waals surface area contributed by atoms with Crippen LogP contribution in [0.4, 0.5) is 5.69 Å². The lowest BCUT2D eigenvalue weighted by atomic mass is 10.2. The molecule has 1 aliphatic rings. The maximum atomic E-state index is 12.6. The van der Waals surface area contributed by atoms with Gasteiger partial charge < -0.3 is 14.5 Å². The number of furan rings is 1. The van der Waals surface area contributed by atoms with Crippen LogP contribution in [0.25, 0.3) is 10.9 Å². The minimum atomic E-state index is -3.79. The molecule has 0 spiro atoms. The molecule has 1 fully saturated rings. The maximum Gasteiger partial charge on any atom is 0.291 e. The molecule has 1 amide bonds. The second-order valence-corrected chi connectivity index (χ2v) is 7.84. The van der Waals surface area contributed by atoms with Gasteiger partial charge in [-0.2, -0.15) is 4.31 Å². The van der Waals surface area contributed by atoms with Crippen molar-refractivity contribution in [3.8, 4) is 0 Å². The summed E-state index contributed by atoms with van der Waals surface area (Å²) < 4.78 is 37.0. The van der Waals surface area contributed by atoms with Gasteiger partial charge in [0.2, 0.25) is 5.09 Å². The number of rotatable bonds is 4. The van der Waals surface area contributed by atoms with Crippen LogP contribution in [0, 0.1) is 0 Å². The Kier molecular flexibility index (Phi) is 4.65. The molecule has 1 aliphatic heterocycles. The van der Waals surface area contributed by atoms with Gasteiger partial charge in [-0.05, 0) is 24.3 Å². The number of benzene rings is 1. The van der Waals surface area contributed by atoms with Gasteiger partial charge in [0.25, 0.3) is 15.9 Å². The molecule has 27 heavy (non-hydrogen) atoms. The summed E-state index contributed by atoms with van der Waals surface area (Å²) in [6.07, 6.45) is 1.64. The number of hydrogen-bond acceptors (Lipinski definition) is 6. The number of carbonyl (C=O) groups excluding carboxylic acids is 1. The quantitative estimate of drug-likeness (QED) is 0.736. The van der Waals surface area contributed by atoms with Crippen molar-refractivity contribution in [2.24, 2.45) is 0 Å². The first-order valence-electron chi connectivity index (χ1n) is 8.38. The zero-order chi connectivity index (χ0) is 18.9. The molecule has 1 aromatic carbocycles. The van der Waals surface area contributed by atoms with E-state index in [4.69, 9.17) is 9.15 Å². The van der Waals surface area contributed by atoms with Crippen molar-refractivity contribution in [3.63, 3.8) is 0 Å². The lowest BCUT2D eigenvalue weighted by Crippen LogP contribution is -2.40. The average Bonchev–Trinajstić information content (AvgIpc) is 3.20. The Hall–Kier alpha value is -2.75. The number of pyridine rings is 1. The average molecular weight is 387 g/mol. The van der Waals surface area contributed by atoms with Gasteiger partial charge in [0.1, 0.15) is 0 Å². The van der Waals surface area contributed by atoms with Crippen LogP contribution >= 0.6 is 0 Å². The van der Waals surface area contributed by atoms with E-state index in [1.807, 2.05) is 18.2 Å². The highest BCUT2D eigenvalue weighted by Gasteiger charge is 2.30. The number of nitrogens with zero attached hydrogens (tertiary/aromatic N) is 2. The van der Waals surface area contributed by atoms with Crippen LogP contribution in [-0.2, 0) is 14.8 Å². The molecular formula is C18H17N3O5S. The van der Waals surface area contributed by atoms with Gasteiger partial charge in [-0.15, -0.1) is 0 Å². The van der Waals surface area contributed by atoms with Gasteiger partial charge in [0, 0.05) is 24.7 Å². The molecule has 4 rings (SSSR count). The number of carbonyl (C=O) groups is 1. The van der Waals surface area contributed by atoms with E-state index in [0.29, 0.717) is 24.4 Å². The van der Waals surface area contributed by atoms with Crippen molar-refractivity contribution >= 4 is 32.5 Å². The van der Waals surface area contributed by atoms with Crippen LogP contribution in [0.1, 0.15) is 10.6 Å². The van der Waals surface area contributed by atoms with Crippen LogP contribution in [0.2, 0.25) is 0 Å². The van der Waals surface area contributed by atoms with Gasteiger partial charge in [0.05, 0.1) is 24.4 Å². The minimum absolute atomic E-state index is 0.0882. The summed E-state index contributed by atoms with van der Waals surface area (Å²) in [6.45, 7) is 1.18. The molecule has 0 aliphatic carbocycles. The number of morpholine rings is 1. The van der Waals surface area contributed by atoms with Gasteiger partial charge >= 0.3 is 0 Å². The van der Waals surface area contributed by atoms with Gasteiger partial charge in [0.15, 0.2) is 5.76 Å². The fourth-order valence-corrected chi connectivity index (χ4v) is 4.20. The van der Waals surface area contributed by atoms with E-state index >= 15 is 0 Å². The first kappa shape index (κ1) is 17.7. The van der Waals surface area contributed by atoms with Gasteiger partial charge in [-0.3, -0.25) is 9.78 Å². The van der Waals surface area contributed by atoms with Crippen LogP contribution in [0.5, 0.6) is 0 Å². The number of fused-ring (bicyclic) bond motifs is 1. The number of para-hydroxylation sites is 1. The van der Waals surface area contributed by atoms with Crippen molar-refractivity contribution in [2.75, 3.05) is 31.6 Å². The highest BCUT2D eigenvalue weighted by molar-refractivity contribution is 7.89. The van der Waals surface area contributed by atoms with Crippen LogP contribution in [0.15, 0.2) is 58.2 Å². The Balaban J connectivity index is 1.57. The van der Waals surface area contributed by atoms with Crippen molar-refractivity contribution in [2.45, 2.75) is 5.09 Å². The molecule has 0 radical (unpaired) electrons. The minimum Gasteiger partial charge on any atom is -0.438 e. The monoisotopic (exact) mass is 387 g/mol. The Morgan fingerprint density at radius 1 is 1.07 bits per heavy atom. The summed E-state index contributed by atoms with van der Waals surface area (Å²) in [6, 6.07) is 11.7. The molecule has 0 atom stereocenters. The normalized spacial score (nSPS) is 15.7. The topological polar surface area (TPSA) is 102 Å². The molecule has 2 aromatic heterocycles. The van der Waals surface area contributed by atoms with E-state index in [9.17, 15) is 13.2 Å². The number of nitrogens with one attached hydrogen (secondary N) is 1. The molecule has 9 heteroatoms. The van der Waals surface area contributed by atoms with Crippen molar-refractivity contribution in [1.29, 1.82) is 0 Å². The second kappa shape index (κ2) is 7.10. The third kappa shape index (κ3) is 3.44. The molecule has 140 valence electrons. The fraction of sp³-hybridized carbons (Fsp3) is 0.222. The molecule has 0 unspecified atom stereocenters. The third-order valence-electron chi connectivity index (χ3n) is 4.25. The zero-order valence-corrected chi connectivity index (χ0v) is 15.1. The van der Waals surface area contributed by atoms with Crippen LogP contribution in [-0.4, -0.2) is 49.9 Å². The van der Waals surface area contributed by atoms with Gasteiger partial charge in [-0.1, -0.05) is 18.2 Å². The summed E-state index contributed by atoms with van der Waals surface area (Å²) in [4.78, 5) is 16.8. The first-order valence-corrected chi connectivity index (χ1v) is 9.82. The van der Waals surface area contributed by atoms with E-state index in [2.05, 4.69) is 10.3 Å². The summed E-state index contributed by atoms with van der Waals surface area (Å²) in [5, 5.41) is 3.34. The molecule has 1 saturated heterocycles. The smallest absolute Gasteiger partial charge is 0.291 e. The largest absolute Gasteiger partial charge is 0.438 e. The predicted octanol–water partition coefficient (Wildman–Crippen LogP) is 2.10. The Morgan fingerprint density at radius 3 is 2.67 bits per heavy atom. The Bertz CT molecular complexity index is 1080. The highest BCUT2D eigenvalue weighted by atomic mass is 32.2. The molecule has 0 bridgehead atoms. The third-order valence-corrected chi connectivity index (χ3v) is 6.02. The van der Waals surface area contributed by atoms with E-state index < -0.39 is 15.9 Å². The molecule has 0 saturated carbocycles. The maximum absolute atomic E-state index is 12.6. The van der Waals surface area contributed by atoms with Crippen molar-refractivity contribution in [3.05, 3.63) is 54.4 Å². The summed E-state index contributed by atoms with van der Waals surface area (Å²) >= 11 is 0. The van der Waals surface area contributed by atoms with E-state index in [-0.39, 0.29) is 23.9 Å². The lowest BCUT2D eigenvalue weighted by Gasteiger charge is -2.24. The highest BCUT2D eigenvalue weighted by Crippen LogP contribution is 2.23. The molecule has 8 nitrogen and oxygen atoms in total. The molecular weight excluding hydrogens is 370 g/mol. The van der Waals surface area contributed by atoms with Crippen LogP contribution < -0.4 is 5.32 Å². The number of amides is 1. The summed E-state index contributed by atoms with van der Waals surface area (Å²) in [5.74, 6) is -0.633. The summed E-state index contributed by atoms with van der Waals surface area (Å²) in [5.41, 5.74) is 1.16. The SMILES string of the molecule is O=C(Nc1cccc2cccnc12)c1ccc(S(=O)(=O)N2CCOCC2)o1. The lowest BCUT2D eigenvalue weighted by molar-refractivity contribution is 0.0723. The number of aromatic nitrogens is 1. The number of sulfonamides is 1. The molecule has 3 heterocycles. The zero-order valence-electron chi connectivity index (χ0n) is 14.3. The Labute approximate surface area is 155 Å². The van der Waals surface area contributed by atoms with Crippen molar-refractivity contribution in [1.82, 2.24) is 9.29 Å². The second-order valence-electron chi connectivity index (χ2n) is 5.97. The summed E-state index contributed by atoms with van der Waals surface area (Å²) in [7, 11) is -3.79. The molecule has 3 aromatic rings. The van der Waals surface area contributed by atoms with E-state index in [1.54, 1.807) is 18.3 Å².